The molecule has 0 spiro atoms. The van der Waals surface area contributed by atoms with Gasteiger partial charge in [-0.1, -0.05) is 0 Å². The number of halogens is 1. The number of carbonyl (C=O) groups is 1. The minimum absolute atomic E-state index is 0.215. The summed E-state index contributed by atoms with van der Waals surface area (Å²) in [5.41, 5.74) is 0.363. The zero-order valence-corrected chi connectivity index (χ0v) is 18.3. The van der Waals surface area contributed by atoms with Crippen LogP contribution in [0.2, 0.25) is 0 Å². The number of likely N-dealkylation sites (tertiary alicyclic amines) is 1. The molecule has 0 aromatic heterocycles. The summed E-state index contributed by atoms with van der Waals surface area (Å²) in [6, 6.07) is 12.3. The van der Waals surface area contributed by atoms with Gasteiger partial charge in [0.15, 0.2) is 0 Å². The van der Waals surface area contributed by atoms with Crippen molar-refractivity contribution in [3.8, 4) is 0 Å². The van der Waals surface area contributed by atoms with Crippen molar-refractivity contribution in [3.63, 3.8) is 0 Å². The molecule has 6 nitrogen and oxygen atoms in total. The van der Waals surface area contributed by atoms with Crippen LogP contribution in [0.1, 0.15) is 33.6 Å². The first-order valence-corrected chi connectivity index (χ1v) is 11.5. The standard InChI is InChI=1S/C22H29FN2O4S/c1-22(2,3)29-21(26)25-14-12-18(13-15-25)24-17-6-10-20(11-7-17)30(27,28)19-8-4-16(23)5-9-19/h4-11,18,24,27-28H,12-15H2,1-3H3. The molecular formula is C22H29FN2O4S. The normalized spacial score (nSPS) is 16.3. The molecule has 164 valence electrons. The van der Waals surface area contributed by atoms with Gasteiger partial charge in [-0.3, -0.25) is 9.11 Å². The van der Waals surface area contributed by atoms with Gasteiger partial charge < -0.3 is 15.0 Å². The minimum atomic E-state index is -3.19. The van der Waals surface area contributed by atoms with Crippen molar-refractivity contribution in [1.29, 1.82) is 0 Å². The Labute approximate surface area is 178 Å². The highest BCUT2D eigenvalue weighted by Crippen LogP contribution is 2.55. The largest absolute Gasteiger partial charge is 0.444 e. The first-order valence-electron chi connectivity index (χ1n) is 9.93. The Morgan fingerprint density at radius 1 is 1.03 bits per heavy atom. The highest BCUT2D eigenvalue weighted by Gasteiger charge is 2.27. The maximum Gasteiger partial charge on any atom is 0.410 e. The smallest absolute Gasteiger partial charge is 0.410 e. The maximum atomic E-state index is 13.1. The fraction of sp³-hybridized carbons (Fsp3) is 0.409. The van der Waals surface area contributed by atoms with Crippen molar-refractivity contribution < 1.29 is 23.0 Å². The van der Waals surface area contributed by atoms with E-state index in [2.05, 4.69) is 5.32 Å². The van der Waals surface area contributed by atoms with E-state index in [4.69, 9.17) is 4.74 Å². The molecule has 0 bridgehead atoms. The third-order valence-corrected chi connectivity index (χ3v) is 6.70. The number of rotatable bonds is 4. The lowest BCUT2D eigenvalue weighted by Gasteiger charge is -2.34. The van der Waals surface area contributed by atoms with E-state index < -0.39 is 22.0 Å². The van der Waals surface area contributed by atoms with Gasteiger partial charge in [-0.15, -0.1) is 10.6 Å². The third-order valence-electron chi connectivity index (χ3n) is 4.84. The number of carbonyl (C=O) groups excluding carboxylic acids is 1. The molecule has 1 heterocycles. The molecule has 0 saturated carbocycles. The predicted octanol–water partition coefficient (Wildman–Crippen LogP) is 5.81. The summed E-state index contributed by atoms with van der Waals surface area (Å²) in [6.45, 7) is 6.81. The topological polar surface area (TPSA) is 82.0 Å². The van der Waals surface area contributed by atoms with Gasteiger partial charge in [0.1, 0.15) is 11.4 Å². The van der Waals surface area contributed by atoms with Gasteiger partial charge in [0, 0.05) is 24.8 Å². The first kappa shape index (κ1) is 22.4. The van der Waals surface area contributed by atoms with Crippen LogP contribution in [-0.2, 0) is 4.74 Å². The first-order chi connectivity index (χ1) is 14.0. The number of piperidine rings is 1. The molecule has 1 saturated heterocycles. The Morgan fingerprint density at radius 3 is 2.03 bits per heavy atom. The van der Waals surface area contributed by atoms with Crippen molar-refractivity contribution in [2.24, 2.45) is 0 Å². The van der Waals surface area contributed by atoms with E-state index in [0.29, 0.717) is 18.0 Å². The molecule has 2 aromatic rings. The number of ether oxygens (including phenoxy) is 1. The number of amides is 1. The molecule has 2 aromatic carbocycles. The number of hydrogen-bond donors (Lipinski definition) is 3. The molecule has 0 radical (unpaired) electrons. The molecule has 1 fully saturated rings. The highest BCUT2D eigenvalue weighted by molar-refractivity contribution is 8.24. The molecule has 30 heavy (non-hydrogen) atoms. The molecule has 1 aliphatic heterocycles. The molecule has 3 rings (SSSR count). The molecule has 1 aliphatic rings. The minimum Gasteiger partial charge on any atom is -0.444 e. The summed E-state index contributed by atoms with van der Waals surface area (Å²) in [5.74, 6) is -0.425. The van der Waals surface area contributed by atoms with Crippen LogP contribution in [-0.4, -0.2) is 44.8 Å². The number of nitrogens with one attached hydrogen (secondary N) is 1. The third kappa shape index (κ3) is 5.65. The molecule has 0 unspecified atom stereocenters. The lowest BCUT2D eigenvalue weighted by Crippen LogP contribution is -2.44. The lowest BCUT2D eigenvalue weighted by molar-refractivity contribution is 0.0210. The predicted molar refractivity (Wildman–Crippen MR) is 117 cm³/mol. The van der Waals surface area contributed by atoms with Gasteiger partial charge in [-0.05, 0) is 82.1 Å². The average molecular weight is 437 g/mol. The van der Waals surface area contributed by atoms with E-state index in [-0.39, 0.29) is 17.0 Å². The van der Waals surface area contributed by atoms with Crippen LogP contribution in [0.25, 0.3) is 0 Å². The SMILES string of the molecule is CC(C)(C)OC(=O)N1CCC(Nc2ccc(S(O)(O)c3ccc(F)cc3)cc2)CC1. The van der Waals surface area contributed by atoms with Crippen molar-refractivity contribution >= 4 is 22.4 Å². The summed E-state index contributed by atoms with van der Waals surface area (Å²) >= 11 is 0. The maximum absolute atomic E-state index is 13.1. The zero-order chi connectivity index (χ0) is 21.9. The molecule has 0 aliphatic carbocycles. The zero-order valence-electron chi connectivity index (χ0n) is 17.5. The van der Waals surface area contributed by atoms with Crippen molar-refractivity contribution in [3.05, 3.63) is 54.3 Å². The van der Waals surface area contributed by atoms with E-state index >= 15 is 0 Å². The summed E-state index contributed by atoms with van der Waals surface area (Å²) in [6.07, 6.45) is 1.31. The molecule has 8 heteroatoms. The van der Waals surface area contributed by atoms with Gasteiger partial charge in [0.2, 0.25) is 0 Å². The van der Waals surface area contributed by atoms with Gasteiger partial charge in [-0.2, -0.15) is 0 Å². The number of benzene rings is 2. The Morgan fingerprint density at radius 2 is 1.53 bits per heavy atom. The van der Waals surface area contributed by atoms with Crippen molar-refractivity contribution in [2.45, 2.75) is 55.0 Å². The van der Waals surface area contributed by atoms with Gasteiger partial charge >= 0.3 is 6.09 Å². The fourth-order valence-electron chi connectivity index (χ4n) is 3.27. The van der Waals surface area contributed by atoms with Crippen LogP contribution in [0, 0.1) is 5.82 Å². The number of nitrogens with zero attached hydrogens (tertiary/aromatic N) is 1. The second-order valence-corrected chi connectivity index (χ2v) is 10.5. The Balaban J connectivity index is 1.56. The second kappa shape index (κ2) is 8.83. The molecule has 3 N–H and O–H groups in total. The van der Waals surface area contributed by atoms with Gasteiger partial charge in [0.25, 0.3) is 0 Å². The molecule has 0 atom stereocenters. The van der Waals surface area contributed by atoms with E-state index in [0.717, 1.165) is 18.5 Å². The van der Waals surface area contributed by atoms with Gasteiger partial charge in [-0.25, -0.2) is 9.18 Å². The van der Waals surface area contributed by atoms with Crippen LogP contribution in [0.3, 0.4) is 0 Å². The van der Waals surface area contributed by atoms with Crippen LogP contribution >= 0.6 is 10.6 Å². The van der Waals surface area contributed by atoms with Crippen molar-refractivity contribution in [2.75, 3.05) is 18.4 Å². The Hall–Kier alpha value is -2.29. The summed E-state index contributed by atoms with van der Waals surface area (Å²) in [5, 5.41) is 3.43. The average Bonchev–Trinajstić information content (AvgIpc) is 2.68. The Bertz CT molecular complexity index is 858. The monoisotopic (exact) mass is 436 g/mol. The van der Waals surface area contributed by atoms with Crippen LogP contribution in [0.15, 0.2) is 58.3 Å². The summed E-state index contributed by atoms with van der Waals surface area (Å²) in [7, 11) is -3.19. The van der Waals surface area contributed by atoms with Crippen LogP contribution in [0.4, 0.5) is 14.9 Å². The molecular weight excluding hydrogens is 407 g/mol. The van der Waals surface area contributed by atoms with E-state index in [9.17, 15) is 18.3 Å². The Kier molecular flexibility index (Phi) is 6.59. The van der Waals surface area contributed by atoms with E-state index in [1.165, 1.54) is 24.3 Å². The summed E-state index contributed by atoms with van der Waals surface area (Å²) < 4.78 is 39.7. The van der Waals surface area contributed by atoms with Crippen LogP contribution in [0.5, 0.6) is 0 Å². The lowest BCUT2D eigenvalue weighted by atomic mass is 10.0. The van der Waals surface area contributed by atoms with E-state index in [1.807, 2.05) is 20.8 Å². The van der Waals surface area contributed by atoms with Gasteiger partial charge in [0.05, 0.1) is 9.79 Å². The summed E-state index contributed by atoms with van der Waals surface area (Å²) in [4.78, 5) is 14.5. The quantitative estimate of drug-likeness (QED) is 0.564. The second-order valence-electron chi connectivity index (χ2n) is 8.41. The molecule has 1 amide bonds. The van der Waals surface area contributed by atoms with Crippen molar-refractivity contribution in [1.82, 2.24) is 4.90 Å². The highest BCUT2D eigenvalue weighted by atomic mass is 32.3. The number of anilines is 1. The van der Waals surface area contributed by atoms with Crippen LogP contribution < -0.4 is 5.32 Å². The van der Waals surface area contributed by atoms with E-state index in [1.54, 1.807) is 29.2 Å². The fourth-order valence-corrected chi connectivity index (χ4v) is 4.57. The number of hydrogen-bond acceptors (Lipinski definition) is 5.